The van der Waals surface area contributed by atoms with Gasteiger partial charge in [-0.1, -0.05) is 29.3 Å². The predicted octanol–water partition coefficient (Wildman–Crippen LogP) is 6.29. The number of rotatable bonds is 4. The first-order chi connectivity index (χ1) is 13.5. The molecule has 3 aromatic rings. The number of nitrogens with zero attached hydrogens (tertiary/aromatic N) is 1. The molecule has 28 heavy (non-hydrogen) atoms. The van der Waals surface area contributed by atoms with Gasteiger partial charge in [0.15, 0.2) is 0 Å². The molecule has 0 saturated heterocycles. The monoisotopic (exact) mass is 434 g/mol. The van der Waals surface area contributed by atoms with Gasteiger partial charge in [0.2, 0.25) is 5.91 Å². The number of benzene rings is 2. The second-order valence-corrected chi connectivity index (χ2v) is 8.53. The van der Waals surface area contributed by atoms with E-state index in [9.17, 15) is 9.18 Å². The summed E-state index contributed by atoms with van der Waals surface area (Å²) in [5.41, 5.74) is 3.68. The molecule has 0 fully saturated rings. The molecule has 3 nitrogen and oxygen atoms in total. The highest BCUT2D eigenvalue weighted by atomic mass is 35.5. The average molecular weight is 435 g/mol. The maximum atomic E-state index is 13.3. The third-order valence-electron chi connectivity index (χ3n) is 4.72. The van der Waals surface area contributed by atoms with E-state index in [0.29, 0.717) is 10.7 Å². The van der Waals surface area contributed by atoms with Crippen LogP contribution in [-0.2, 0) is 17.6 Å². The Hall–Kier alpha value is -1.82. The van der Waals surface area contributed by atoms with E-state index in [4.69, 9.17) is 28.2 Å². The highest BCUT2D eigenvalue weighted by molar-refractivity contribution is 8.00. The zero-order valence-electron chi connectivity index (χ0n) is 14.9. The molecule has 0 atom stereocenters. The first kappa shape index (κ1) is 19.5. The molecule has 0 unspecified atom stereocenters. The molecule has 0 saturated carbocycles. The van der Waals surface area contributed by atoms with Gasteiger partial charge in [-0.2, -0.15) is 0 Å². The Labute approximate surface area is 176 Å². The molecule has 144 valence electrons. The molecule has 0 aliphatic heterocycles. The summed E-state index contributed by atoms with van der Waals surface area (Å²) >= 11 is 13.4. The molecule has 1 aliphatic carbocycles. The Morgan fingerprint density at radius 3 is 2.79 bits per heavy atom. The number of aromatic nitrogens is 1. The van der Waals surface area contributed by atoms with Crippen molar-refractivity contribution in [2.45, 2.75) is 30.6 Å². The van der Waals surface area contributed by atoms with E-state index in [0.717, 1.165) is 47.2 Å². The lowest BCUT2D eigenvalue weighted by atomic mass is 9.94. The van der Waals surface area contributed by atoms with Crippen molar-refractivity contribution in [3.8, 4) is 0 Å². The standard InChI is InChI=1S/C21H17Cl2FN2OS/c22-12-5-7-15-19(9-12)26-18-4-2-1-3-14(18)21(15)28-11-20(27)25-13-6-8-17(24)16(23)10-13/h5-10H,1-4,11H2,(H,25,27). The van der Waals surface area contributed by atoms with Gasteiger partial charge in [0.25, 0.3) is 0 Å². The Balaban J connectivity index is 1.58. The van der Waals surface area contributed by atoms with Crippen LogP contribution in [0.15, 0.2) is 41.3 Å². The minimum Gasteiger partial charge on any atom is -0.325 e. The van der Waals surface area contributed by atoms with Crippen molar-refractivity contribution in [2.24, 2.45) is 0 Å². The fourth-order valence-electron chi connectivity index (χ4n) is 3.43. The predicted molar refractivity (Wildman–Crippen MR) is 114 cm³/mol. The first-order valence-corrected chi connectivity index (χ1v) is 10.7. The van der Waals surface area contributed by atoms with Crippen LogP contribution in [0.2, 0.25) is 10.0 Å². The zero-order valence-corrected chi connectivity index (χ0v) is 17.2. The lowest BCUT2D eigenvalue weighted by molar-refractivity contribution is -0.113. The van der Waals surface area contributed by atoms with Gasteiger partial charge in [0.1, 0.15) is 5.82 Å². The van der Waals surface area contributed by atoms with E-state index >= 15 is 0 Å². The van der Waals surface area contributed by atoms with Gasteiger partial charge >= 0.3 is 0 Å². The second kappa shape index (κ2) is 8.27. The van der Waals surface area contributed by atoms with Gasteiger partial charge in [-0.3, -0.25) is 9.78 Å². The van der Waals surface area contributed by atoms with Crippen molar-refractivity contribution >= 4 is 57.5 Å². The average Bonchev–Trinajstić information content (AvgIpc) is 2.68. The van der Waals surface area contributed by atoms with Crippen LogP contribution in [0.5, 0.6) is 0 Å². The van der Waals surface area contributed by atoms with Crippen LogP contribution < -0.4 is 5.32 Å². The van der Waals surface area contributed by atoms with Crippen LogP contribution in [0.4, 0.5) is 10.1 Å². The molecular formula is C21H17Cl2FN2OS. The number of thioether (sulfide) groups is 1. The van der Waals surface area contributed by atoms with Crippen molar-refractivity contribution in [2.75, 3.05) is 11.1 Å². The van der Waals surface area contributed by atoms with Crippen molar-refractivity contribution in [1.29, 1.82) is 0 Å². The molecule has 1 heterocycles. The third kappa shape index (κ3) is 4.12. The Bertz CT molecular complexity index is 1070. The van der Waals surface area contributed by atoms with Crippen LogP contribution in [0.3, 0.4) is 0 Å². The van der Waals surface area contributed by atoms with E-state index in [2.05, 4.69) is 5.32 Å². The summed E-state index contributed by atoms with van der Waals surface area (Å²) in [4.78, 5) is 18.3. The summed E-state index contributed by atoms with van der Waals surface area (Å²) in [7, 11) is 0. The lowest BCUT2D eigenvalue weighted by Gasteiger charge is -2.20. The van der Waals surface area contributed by atoms with Gasteiger partial charge in [0, 0.05) is 26.7 Å². The number of anilines is 1. The smallest absolute Gasteiger partial charge is 0.234 e. The van der Waals surface area contributed by atoms with Crippen molar-refractivity contribution < 1.29 is 9.18 Å². The lowest BCUT2D eigenvalue weighted by Crippen LogP contribution is -2.15. The van der Waals surface area contributed by atoms with Crippen LogP contribution in [0.25, 0.3) is 10.9 Å². The third-order valence-corrected chi connectivity index (χ3v) is 6.41. The number of carbonyl (C=O) groups is 1. The molecule has 0 bridgehead atoms. The Morgan fingerprint density at radius 2 is 1.96 bits per heavy atom. The summed E-state index contributed by atoms with van der Waals surface area (Å²) < 4.78 is 13.3. The van der Waals surface area contributed by atoms with Gasteiger partial charge in [0.05, 0.1) is 16.3 Å². The maximum Gasteiger partial charge on any atom is 0.234 e. The minimum absolute atomic E-state index is 0.0171. The van der Waals surface area contributed by atoms with E-state index in [1.165, 1.54) is 35.5 Å². The summed E-state index contributed by atoms with van der Waals surface area (Å²) in [5.74, 6) is -0.442. The molecule has 1 amide bonds. The molecule has 1 aliphatic rings. The number of nitrogens with one attached hydrogen (secondary N) is 1. The van der Waals surface area contributed by atoms with Crippen LogP contribution in [-0.4, -0.2) is 16.6 Å². The number of fused-ring (bicyclic) bond motifs is 2. The SMILES string of the molecule is O=C(CSc1c2c(nc3cc(Cl)ccc13)CCCC2)Nc1ccc(F)c(Cl)c1. The van der Waals surface area contributed by atoms with Crippen LogP contribution in [0.1, 0.15) is 24.1 Å². The van der Waals surface area contributed by atoms with Crippen LogP contribution in [0, 0.1) is 5.82 Å². The number of hydrogen-bond donors (Lipinski definition) is 1. The Morgan fingerprint density at radius 1 is 1.14 bits per heavy atom. The molecule has 0 radical (unpaired) electrons. The van der Waals surface area contributed by atoms with E-state index in [-0.39, 0.29) is 16.7 Å². The molecule has 4 rings (SSSR count). The topological polar surface area (TPSA) is 42.0 Å². The number of pyridine rings is 1. The van der Waals surface area contributed by atoms with Gasteiger partial charge in [-0.05, 0) is 61.6 Å². The van der Waals surface area contributed by atoms with Gasteiger partial charge in [-0.15, -0.1) is 11.8 Å². The number of amides is 1. The normalized spacial score (nSPS) is 13.4. The van der Waals surface area contributed by atoms with E-state index < -0.39 is 5.82 Å². The van der Waals surface area contributed by atoms with Gasteiger partial charge < -0.3 is 5.32 Å². The molecule has 1 N–H and O–H groups in total. The molecular weight excluding hydrogens is 418 g/mol. The summed E-state index contributed by atoms with van der Waals surface area (Å²) in [6, 6.07) is 9.84. The van der Waals surface area contributed by atoms with Crippen molar-refractivity contribution in [3.05, 3.63) is 63.5 Å². The first-order valence-electron chi connectivity index (χ1n) is 9.00. The fourth-order valence-corrected chi connectivity index (χ4v) is 4.84. The summed E-state index contributed by atoms with van der Waals surface area (Å²) in [6.07, 6.45) is 4.17. The van der Waals surface area contributed by atoms with Gasteiger partial charge in [-0.25, -0.2) is 4.39 Å². The number of halogens is 3. The highest BCUT2D eigenvalue weighted by Crippen LogP contribution is 2.37. The second-order valence-electron chi connectivity index (χ2n) is 6.70. The molecule has 2 aromatic carbocycles. The zero-order chi connectivity index (χ0) is 19.7. The summed E-state index contributed by atoms with van der Waals surface area (Å²) in [5, 5.41) is 4.42. The molecule has 0 spiro atoms. The van der Waals surface area contributed by atoms with E-state index in [1.807, 2.05) is 18.2 Å². The summed E-state index contributed by atoms with van der Waals surface area (Å²) in [6.45, 7) is 0. The quantitative estimate of drug-likeness (QED) is 0.490. The number of carbonyl (C=O) groups excluding carboxylic acids is 1. The Kier molecular flexibility index (Phi) is 5.76. The van der Waals surface area contributed by atoms with E-state index in [1.54, 1.807) is 0 Å². The van der Waals surface area contributed by atoms with Crippen molar-refractivity contribution in [3.63, 3.8) is 0 Å². The highest BCUT2D eigenvalue weighted by Gasteiger charge is 2.19. The molecule has 7 heteroatoms. The van der Waals surface area contributed by atoms with Crippen LogP contribution >= 0.6 is 35.0 Å². The fraction of sp³-hybridized carbons (Fsp3) is 0.238. The molecule has 1 aromatic heterocycles. The minimum atomic E-state index is -0.511. The van der Waals surface area contributed by atoms with Crippen molar-refractivity contribution in [1.82, 2.24) is 4.98 Å². The number of hydrogen-bond acceptors (Lipinski definition) is 3. The maximum absolute atomic E-state index is 13.3. The number of aryl methyl sites for hydroxylation is 1. The largest absolute Gasteiger partial charge is 0.325 e.